The molecule has 20 heavy (non-hydrogen) atoms. The van der Waals surface area contributed by atoms with E-state index in [1.807, 2.05) is 0 Å². The van der Waals surface area contributed by atoms with E-state index in [1.54, 1.807) is 0 Å². The first-order chi connectivity index (χ1) is 9.61. The predicted octanol–water partition coefficient (Wildman–Crippen LogP) is -0.833. The van der Waals surface area contributed by atoms with Crippen molar-refractivity contribution in [2.45, 2.75) is 38.6 Å². The molecule has 2 aliphatic rings. The maximum absolute atomic E-state index is 12.3. The smallest absolute Gasteiger partial charge is 0.336 e. The van der Waals surface area contributed by atoms with Gasteiger partial charge in [0.1, 0.15) is 0 Å². The third-order valence-electron chi connectivity index (χ3n) is 3.62. The summed E-state index contributed by atoms with van der Waals surface area (Å²) in [6, 6.07) is 0. The van der Waals surface area contributed by atoms with Crippen LogP contribution in [0.2, 0.25) is 0 Å². The minimum Gasteiger partial charge on any atom is -0.371 e. The summed E-state index contributed by atoms with van der Waals surface area (Å²) in [7, 11) is 0. The lowest BCUT2D eigenvalue weighted by atomic mass is 10.4. The highest BCUT2D eigenvalue weighted by Crippen LogP contribution is 2.29. The molecule has 7 heteroatoms. The summed E-state index contributed by atoms with van der Waals surface area (Å²) in [5.41, 5.74) is -1.65. The molecule has 3 rings (SSSR count). The van der Waals surface area contributed by atoms with Crippen LogP contribution in [-0.4, -0.2) is 26.4 Å². The Kier molecular flexibility index (Phi) is 3.21. The molecule has 0 radical (unpaired) electrons. The fourth-order valence-electron chi connectivity index (χ4n) is 2.22. The number of nitrogens with zero attached hydrogens (tertiary/aromatic N) is 3. The standard InChI is InChI=1S/C13H17N3O4/c1-2-5-14-11(17)15(6-9-3-4-9)13(19)16(12(14)18)7-10-8-20-10/h2,9-10H,1,3-8H2. The number of hydrogen-bond acceptors (Lipinski definition) is 4. The topological polar surface area (TPSA) is 78.5 Å². The van der Waals surface area contributed by atoms with Crippen LogP contribution in [0.5, 0.6) is 0 Å². The molecule has 0 amide bonds. The molecular formula is C13H17N3O4. The normalized spacial score (nSPS) is 20.9. The minimum absolute atomic E-state index is 0.0931. The third-order valence-corrected chi connectivity index (χ3v) is 3.62. The second-order valence-electron chi connectivity index (χ2n) is 5.37. The molecule has 2 fully saturated rings. The first-order valence-corrected chi connectivity index (χ1v) is 6.78. The first kappa shape index (κ1) is 13.1. The minimum atomic E-state index is -0.581. The van der Waals surface area contributed by atoms with E-state index < -0.39 is 17.1 Å². The van der Waals surface area contributed by atoms with Crippen molar-refractivity contribution < 1.29 is 4.74 Å². The van der Waals surface area contributed by atoms with Gasteiger partial charge >= 0.3 is 17.1 Å². The maximum Gasteiger partial charge on any atom is 0.336 e. The van der Waals surface area contributed by atoms with Crippen molar-refractivity contribution in [3.63, 3.8) is 0 Å². The Balaban J connectivity index is 2.13. The molecule has 1 unspecified atom stereocenters. The Hall–Kier alpha value is -1.89. The Labute approximate surface area is 114 Å². The van der Waals surface area contributed by atoms with Crippen LogP contribution >= 0.6 is 0 Å². The highest BCUT2D eigenvalue weighted by Gasteiger charge is 2.28. The molecule has 1 aromatic heterocycles. The van der Waals surface area contributed by atoms with Crippen molar-refractivity contribution in [1.82, 2.24) is 13.7 Å². The van der Waals surface area contributed by atoms with Gasteiger partial charge in [0.15, 0.2) is 0 Å². The van der Waals surface area contributed by atoms with Crippen LogP contribution in [0.1, 0.15) is 12.8 Å². The largest absolute Gasteiger partial charge is 0.371 e. The Morgan fingerprint density at radius 1 is 1.05 bits per heavy atom. The maximum atomic E-state index is 12.3. The first-order valence-electron chi connectivity index (χ1n) is 6.78. The number of hydrogen-bond donors (Lipinski definition) is 0. The van der Waals surface area contributed by atoms with E-state index in [0.29, 0.717) is 19.1 Å². The summed E-state index contributed by atoms with van der Waals surface area (Å²) >= 11 is 0. The number of aromatic nitrogens is 3. The van der Waals surface area contributed by atoms with Crippen LogP contribution < -0.4 is 17.1 Å². The molecule has 0 spiro atoms. The highest BCUT2D eigenvalue weighted by atomic mass is 16.6. The van der Waals surface area contributed by atoms with Gasteiger partial charge in [-0.1, -0.05) is 6.08 Å². The molecule has 7 nitrogen and oxygen atoms in total. The molecule has 1 saturated carbocycles. The lowest BCUT2D eigenvalue weighted by Crippen LogP contribution is -2.55. The van der Waals surface area contributed by atoms with Gasteiger partial charge in [-0.25, -0.2) is 28.1 Å². The molecule has 0 aromatic carbocycles. The van der Waals surface area contributed by atoms with E-state index in [-0.39, 0.29) is 19.2 Å². The average Bonchev–Trinajstić information content (AvgIpc) is 3.30. The summed E-state index contributed by atoms with van der Waals surface area (Å²) in [6.07, 6.45) is 3.44. The fraction of sp³-hybridized carbons (Fsp3) is 0.615. The second kappa shape index (κ2) is 4.90. The molecule has 2 heterocycles. The fourth-order valence-corrected chi connectivity index (χ4v) is 2.22. The SMILES string of the molecule is C=CCn1c(=O)n(CC2CC2)c(=O)n(CC2CO2)c1=O. The van der Waals surface area contributed by atoms with Gasteiger partial charge in [-0.15, -0.1) is 6.58 Å². The highest BCUT2D eigenvalue weighted by molar-refractivity contribution is 4.86. The van der Waals surface area contributed by atoms with Crippen LogP contribution in [0.25, 0.3) is 0 Å². The summed E-state index contributed by atoms with van der Waals surface area (Å²) in [5, 5.41) is 0. The van der Waals surface area contributed by atoms with E-state index in [0.717, 1.165) is 22.0 Å². The molecule has 1 atom stereocenters. The lowest BCUT2D eigenvalue weighted by molar-refractivity contribution is 0.358. The zero-order valence-corrected chi connectivity index (χ0v) is 11.2. The number of allylic oxidation sites excluding steroid dienone is 1. The lowest BCUT2D eigenvalue weighted by Gasteiger charge is -2.12. The van der Waals surface area contributed by atoms with Crippen LogP contribution in [0.3, 0.4) is 0 Å². The van der Waals surface area contributed by atoms with Crippen LogP contribution in [-0.2, 0) is 24.4 Å². The van der Waals surface area contributed by atoms with E-state index in [2.05, 4.69) is 6.58 Å². The molecule has 1 saturated heterocycles. The number of rotatable bonds is 6. The van der Waals surface area contributed by atoms with Crippen molar-refractivity contribution in [3.05, 3.63) is 44.1 Å². The monoisotopic (exact) mass is 279 g/mol. The van der Waals surface area contributed by atoms with Crippen molar-refractivity contribution in [2.24, 2.45) is 5.92 Å². The summed E-state index contributed by atoms with van der Waals surface area (Å²) in [4.78, 5) is 36.8. The molecule has 108 valence electrons. The van der Waals surface area contributed by atoms with E-state index in [4.69, 9.17) is 4.74 Å². The van der Waals surface area contributed by atoms with Crippen molar-refractivity contribution in [1.29, 1.82) is 0 Å². The number of ether oxygens (including phenoxy) is 1. The third kappa shape index (κ3) is 2.40. The van der Waals surface area contributed by atoms with Gasteiger partial charge in [0.05, 0.1) is 25.8 Å². The summed E-state index contributed by atoms with van der Waals surface area (Å²) in [5.74, 6) is 0.376. The Morgan fingerprint density at radius 2 is 1.60 bits per heavy atom. The summed E-state index contributed by atoms with van der Waals surface area (Å²) < 4.78 is 8.40. The van der Waals surface area contributed by atoms with Gasteiger partial charge < -0.3 is 4.74 Å². The van der Waals surface area contributed by atoms with Crippen molar-refractivity contribution in [2.75, 3.05) is 6.61 Å². The van der Waals surface area contributed by atoms with E-state index >= 15 is 0 Å². The number of epoxide rings is 1. The predicted molar refractivity (Wildman–Crippen MR) is 71.9 cm³/mol. The van der Waals surface area contributed by atoms with Crippen LogP contribution in [0.4, 0.5) is 0 Å². The van der Waals surface area contributed by atoms with Crippen LogP contribution in [0, 0.1) is 5.92 Å². The molecule has 0 bridgehead atoms. The van der Waals surface area contributed by atoms with Gasteiger partial charge in [-0.05, 0) is 18.8 Å². The second-order valence-corrected chi connectivity index (χ2v) is 5.37. The summed E-state index contributed by atoms with van der Waals surface area (Å²) in [6.45, 7) is 4.80. The van der Waals surface area contributed by atoms with E-state index in [9.17, 15) is 14.4 Å². The Morgan fingerprint density at radius 3 is 2.10 bits per heavy atom. The average molecular weight is 279 g/mol. The zero-order valence-electron chi connectivity index (χ0n) is 11.2. The van der Waals surface area contributed by atoms with Gasteiger partial charge in [0, 0.05) is 6.54 Å². The van der Waals surface area contributed by atoms with Gasteiger partial charge in [-0.3, -0.25) is 0 Å². The van der Waals surface area contributed by atoms with Crippen molar-refractivity contribution in [3.8, 4) is 0 Å². The van der Waals surface area contributed by atoms with Gasteiger partial charge in [-0.2, -0.15) is 0 Å². The molecule has 0 N–H and O–H groups in total. The molecular weight excluding hydrogens is 262 g/mol. The van der Waals surface area contributed by atoms with Crippen molar-refractivity contribution >= 4 is 0 Å². The van der Waals surface area contributed by atoms with Gasteiger partial charge in [0.2, 0.25) is 0 Å². The van der Waals surface area contributed by atoms with E-state index in [1.165, 1.54) is 10.6 Å². The zero-order chi connectivity index (χ0) is 14.3. The quantitative estimate of drug-likeness (QED) is 0.503. The Bertz CT molecular complexity index is 652. The molecule has 1 aliphatic carbocycles. The molecule has 1 aromatic rings. The van der Waals surface area contributed by atoms with Gasteiger partial charge in [0.25, 0.3) is 0 Å². The molecule has 1 aliphatic heterocycles. The van der Waals surface area contributed by atoms with Crippen LogP contribution in [0.15, 0.2) is 27.0 Å².